The Morgan fingerprint density at radius 1 is 0.304 bits per heavy atom. The van der Waals surface area contributed by atoms with Crippen molar-refractivity contribution in [3.05, 3.63) is 345 Å². The van der Waals surface area contributed by atoms with Crippen LogP contribution in [0.15, 0.2) is 292 Å². The highest BCUT2D eigenvalue weighted by Crippen LogP contribution is 2.39. The van der Waals surface area contributed by atoms with E-state index in [9.17, 15) is 52.8 Å². The summed E-state index contributed by atoms with van der Waals surface area (Å²) < 4.78 is 123. The molecule has 4 amide bonds. The number of aryl methyl sites for hydroxylation is 1. The molecule has 0 spiro atoms. The summed E-state index contributed by atoms with van der Waals surface area (Å²) in [4.78, 5) is 78.9. The molecule has 4 aliphatic heterocycles. The maximum atomic E-state index is 13.0. The summed E-state index contributed by atoms with van der Waals surface area (Å²) in [6.07, 6.45) is 6.90. The monoisotopic (exact) mass is 2020 g/mol. The van der Waals surface area contributed by atoms with Crippen LogP contribution in [0.2, 0.25) is 25.1 Å². The third-order valence-electron chi connectivity index (χ3n) is 22.3. The van der Waals surface area contributed by atoms with Gasteiger partial charge >= 0.3 is 0 Å². The average molecular weight is 2030 g/mol. The summed E-state index contributed by atoms with van der Waals surface area (Å²) in [5, 5.41) is 16.6. The van der Waals surface area contributed by atoms with E-state index >= 15 is 0 Å². The molecule has 0 unspecified atom stereocenters. The molecule has 0 saturated carbocycles. The number of benzene rings is 10. The number of nitrogens with one attached hydrogen (secondary N) is 4. The largest absolute Gasteiger partial charge is 0.362 e. The van der Waals surface area contributed by atoms with Crippen molar-refractivity contribution < 1.29 is 71.8 Å². The van der Waals surface area contributed by atoms with Gasteiger partial charge in [0.2, 0.25) is 0 Å². The molecule has 700 valence electrons. The minimum absolute atomic E-state index is 0.125. The van der Waals surface area contributed by atoms with Crippen molar-refractivity contribution in [3.63, 3.8) is 0 Å². The highest BCUT2D eigenvalue weighted by molar-refractivity contribution is 7.93. The SMILES string of the molecule is Cc1ccc(NC(=O)c2ccc(N3CCOCS3(=O)=O)cc2Cl)cc1-c1nccc2ccccc12.O=C(Nc1ccc(Cl)c(-c2ccc3ncccc3n2)c1)c1ccc(N2CCOCS2(=O)=O)cc1Cl.O=C(Nc1cccc(-c2ccc3ccccc3n2)c1)c1ccc(N2CCOCS2(=O)=O)cc1Cl.O=C(Nc1cccc(-c2nccc3ncccc23)c1)c1ccc(N2CCOCS2(=O)=O)cc1Cl. The number of aromatic nitrogens is 6. The normalized spacial score (nSPS) is 15.2. The van der Waals surface area contributed by atoms with Gasteiger partial charge in [0.25, 0.3) is 63.7 Å². The molecule has 0 radical (unpaired) electrons. The summed E-state index contributed by atoms with van der Waals surface area (Å²) in [5.74, 6) is -3.19. The first-order chi connectivity index (χ1) is 66.5. The number of hydrogen-bond donors (Lipinski definition) is 4. The summed E-state index contributed by atoms with van der Waals surface area (Å²) >= 11 is 31.9. The number of sulfonamides is 4. The van der Waals surface area contributed by atoms with E-state index in [-0.39, 0.29) is 99.6 Å². The molecule has 4 aliphatic rings. The van der Waals surface area contributed by atoms with Gasteiger partial charge in [0, 0.05) is 85.9 Å². The molecule has 16 aromatic rings. The zero-order valence-electron chi connectivity index (χ0n) is 72.7. The number of rotatable bonds is 16. The molecule has 10 aromatic carbocycles. The van der Waals surface area contributed by atoms with E-state index in [1.165, 1.54) is 65.8 Å². The van der Waals surface area contributed by atoms with Gasteiger partial charge in [-0.2, -0.15) is 0 Å². The molecule has 0 atom stereocenters. The molecular weight excluding hydrogens is 1950 g/mol. The van der Waals surface area contributed by atoms with E-state index in [4.69, 9.17) is 81.9 Å². The number of para-hydroxylation sites is 1. The first-order valence-electron chi connectivity index (χ1n) is 42.5. The van der Waals surface area contributed by atoms with Crippen LogP contribution in [0.3, 0.4) is 0 Å². The molecular formula is C99H79Cl5N14O16S4. The number of pyridine rings is 6. The van der Waals surface area contributed by atoms with Crippen LogP contribution < -0.4 is 38.5 Å². The minimum atomic E-state index is -3.59. The van der Waals surface area contributed by atoms with Crippen molar-refractivity contribution >= 4 is 211 Å². The highest BCUT2D eigenvalue weighted by atomic mass is 35.5. The first-order valence-corrected chi connectivity index (χ1v) is 50.8. The van der Waals surface area contributed by atoms with Crippen molar-refractivity contribution in [1.82, 2.24) is 29.9 Å². The third-order valence-corrected chi connectivity index (χ3v) is 30.0. The van der Waals surface area contributed by atoms with Crippen LogP contribution in [0.1, 0.15) is 47.0 Å². The fraction of sp³-hybridized carbons (Fsp3) is 0.131. The predicted octanol–water partition coefficient (Wildman–Crippen LogP) is 19.5. The van der Waals surface area contributed by atoms with Crippen molar-refractivity contribution in [1.29, 1.82) is 0 Å². The van der Waals surface area contributed by atoms with Crippen LogP contribution in [0, 0.1) is 6.92 Å². The van der Waals surface area contributed by atoms with Gasteiger partial charge < -0.3 is 40.2 Å². The van der Waals surface area contributed by atoms with E-state index in [1.54, 1.807) is 85.5 Å². The Labute approximate surface area is 817 Å². The lowest BCUT2D eigenvalue weighted by Crippen LogP contribution is -2.41. The fourth-order valence-electron chi connectivity index (χ4n) is 15.5. The van der Waals surface area contributed by atoms with Gasteiger partial charge in [-0.25, -0.2) is 43.6 Å². The van der Waals surface area contributed by atoms with Crippen LogP contribution in [-0.4, -0.2) is 164 Å². The Hall–Kier alpha value is -13.7. The number of anilines is 8. The zero-order chi connectivity index (χ0) is 96.6. The molecule has 4 fully saturated rings. The van der Waals surface area contributed by atoms with Gasteiger partial charge in [0.1, 0.15) is 0 Å². The fourth-order valence-corrected chi connectivity index (χ4v) is 21.8. The van der Waals surface area contributed by atoms with Crippen LogP contribution in [0.4, 0.5) is 45.5 Å². The Bertz CT molecular complexity index is 7960. The number of amides is 4. The second kappa shape index (κ2) is 41.7. The summed E-state index contributed by atoms with van der Waals surface area (Å²) in [7, 11) is -14.3. The maximum Gasteiger partial charge on any atom is 0.259 e. The summed E-state index contributed by atoms with van der Waals surface area (Å²) in [6.45, 7) is 3.91. The Morgan fingerprint density at radius 3 is 1.22 bits per heavy atom. The van der Waals surface area contributed by atoms with Crippen molar-refractivity contribution in [2.24, 2.45) is 0 Å². The Balaban J connectivity index is 0.000000127. The topological polar surface area (TPSA) is 380 Å². The summed E-state index contributed by atoms with van der Waals surface area (Å²) in [6, 6.07) is 78.5. The molecule has 0 aliphatic carbocycles. The lowest BCUT2D eigenvalue weighted by Gasteiger charge is -2.28. The molecule has 4 saturated heterocycles. The lowest BCUT2D eigenvalue weighted by molar-refractivity contribution is 0.101. The zero-order valence-corrected chi connectivity index (χ0v) is 79.8. The molecule has 39 heteroatoms. The number of fused-ring (bicyclic) bond motifs is 4. The summed E-state index contributed by atoms with van der Waals surface area (Å²) in [5.41, 5.74) is 15.3. The van der Waals surface area contributed by atoms with Gasteiger partial charge in [-0.3, -0.25) is 56.3 Å². The van der Waals surface area contributed by atoms with Crippen molar-refractivity contribution in [2.75, 3.05) is 115 Å². The van der Waals surface area contributed by atoms with Crippen LogP contribution in [0.5, 0.6) is 0 Å². The molecule has 10 heterocycles. The first kappa shape index (κ1) is 96.0. The predicted molar refractivity (Wildman–Crippen MR) is 540 cm³/mol. The lowest BCUT2D eigenvalue weighted by atomic mass is 9.99. The molecule has 20 rings (SSSR count). The van der Waals surface area contributed by atoms with E-state index in [0.717, 1.165) is 82.9 Å². The molecule has 4 N–H and O–H groups in total. The Morgan fingerprint density at radius 2 is 0.710 bits per heavy atom. The number of ether oxygens (including phenoxy) is 4. The highest BCUT2D eigenvalue weighted by Gasteiger charge is 2.33. The van der Waals surface area contributed by atoms with Crippen molar-refractivity contribution in [3.8, 4) is 45.0 Å². The van der Waals surface area contributed by atoms with Gasteiger partial charge in [-0.1, -0.05) is 137 Å². The van der Waals surface area contributed by atoms with Crippen LogP contribution >= 0.6 is 58.0 Å². The van der Waals surface area contributed by atoms with Crippen molar-refractivity contribution in [2.45, 2.75) is 6.92 Å². The average Bonchev–Trinajstić information content (AvgIpc) is 0.794. The van der Waals surface area contributed by atoms with Crippen LogP contribution in [0.25, 0.3) is 88.6 Å². The van der Waals surface area contributed by atoms with Gasteiger partial charge in [0.05, 0.1) is 168 Å². The second-order valence-corrected chi connectivity index (χ2v) is 40.8. The van der Waals surface area contributed by atoms with E-state index in [2.05, 4.69) is 46.2 Å². The standard InChI is InChI=1S/C26H22ClN3O4S.C25H20ClN3O4S.C24H18Cl2N4O4S.C24H19ClN4O4S/c1-17-6-7-19(14-23(17)25-21-5-3-2-4-18(21)10-11-28-25)29-26(31)22-9-8-20(15-24(22)27)30-12-13-34-16-35(30,32)33;26-22-15-20(29-12-13-33-16-34(29,31)32)9-10-21(22)25(30)27-19-6-3-5-18(14-19)24-11-8-17-4-1-2-7-23(17)28-24;25-19-6-3-15(12-18(19)21-7-8-22-23(29-21)2-1-9-27-22)28-24(31)17-5-4-16(13-20(17)26)30-10-11-34-14-35(30,32)33;25-21-14-18(29-11-12-33-15-34(29,31)32)6-7-19(21)24(30)28-17-4-1-3-16(13-17)23-20-5-2-9-26-22(20)8-10-27-23/h2-11,14-15H,12-13,16H2,1H3,(H,29,31);1-11,14-15H,12-13,16H2,(H,27,30);1-9,12-13H,10-11,14H2,(H,28,31);1-10,13-14H,11-12,15H2,(H,28,30). The van der Waals surface area contributed by atoms with E-state index in [0.29, 0.717) is 75.0 Å². The molecule has 30 nitrogen and oxygen atoms in total. The smallest absolute Gasteiger partial charge is 0.259 e. The Kier molecular flexibility index (Phi) is 29.0. The number of carbonyl (C=O) groups excluding carboxylic acids is 4. The quantitative estimate of drug-likeness (QED) is 0.0698. The minimum Gasteiger partial charge on any atom is -0.362 e. The molecule has 0 bridgehead atoms. The molecule has 6 aromatic heterocycles. The maximum absolute atomic E-state index is 13.0. The molecule has 138 heavy (non-hydrogen) atoms. The third kappa shape index (κ3) is 22.0. The van der Waals surface area contributed by atoms with E-state index < -0.39 is 69.7 Å². The van der Waals surface area contributed by atoms with Gasteiger partial charge in [-0.15, -0.1) is 0 Å². The van der Waals surface area contributed by atoms with Gasteiger partial charge in [-0.05, 0) is 206 Å². The van der Waals surface area contributed by atoms with E-state index in [1.807, 2.05) is 165 Å². The number of hydrogen-bond acceptors (Lipinski definition) is 22. The number of halogens is 5. The number of nitrogens with zero attached hydrogens (tertiary/aromatic N) is 10. The second-order valence-electron chi connectivity index (χ2n) is 31.4. The number of carbonyl (C=O) groups is 4. The van der Waals surface area contributed by atoms with Crippen LogP contribution in [-0.2, 0) is 59.0 Å². The van der Waals surface area contributed by atoms with Gasteiger partial charge in [0.15, 0.2) is 23.8 Å².